The molecule has 0 spiro atoms. The maximum atomic E-state index is 5.44. The summed E-state index contributed by atoms with van der Waals surface area (Å²) in [5.41, 5.74) is 0. The van der Waals surface area contributed by atoms with Gasteiger partial charge in [0.25, 0.3) is 5.97 Å². The van der Waals surface area contributed by atoms with Crippen LogP contribution in [0.5, 0.6) is 0 Å². The lowest BCUT2D eigenvalue weighted by Crippen LogP contribution is -2.43. The molecule has 0 aliphatic rings. The van der Waals surface area contributed by atoms with Crippen LogP contribution in [-0.4, -0.2) is 27.3 Å². The van der Waals surface area contributed by atoms with E-state index >= 15 is 0 Å². The van der Waals surface area contributed by atoms with Crippen LogP contribution >= 0.6 is 0 Å². The van der Waals surface area contributed by atoms with E-state index in [9.17, 15) is 0 Å². The smallest absolute Gasteiger partial charge is 0.286 e. The zero-order valence-corrected chi connectivity index (χ0v) is 13.0. The quantitative estimate of drug-likeness (QED) is 0.305. The van der Waals surface area contributed by atoms with Crippen molar-refractivity contribution in [2.24, 2.45) is 5.92 Å². The zero-order chi connectivity index (χ0) is 14.6. The van der Waals surface area contributed by atoms with Gasteiger partial charge in [0.05, 0.1) is 5.92 Å². The van der Waals surface area contributed by atoms with Crippen molar-refractivity contribution in [3.8, 4) is 12.3 Å². The SMILES string of the molecule is C#CCC(CCCCCCCC)C(OC)(OC)OC. The maximum Gasteiger partial charge on any atom is 0.286 e. The van der Waals surface area contributed by atoms with Gasteiger partial charge in [-0.3, -0.25) is 0 Å². The van der Waals surface area contributed by atoms with Crippen molar-refractivity contribution in [2.75, 3.05) is 21.3 Å². The molecule has 0 aromatic carbocycles. The normalized spacial score (nSPS) is 13.2. The zero-order valence-electron chi connectivity index (χ0n) is 13.0. The summed E-state index contributed by atoms with van der Waals surface area (Å²) in [5.74, 6) is 1.77. The Morgan fingerprint density at radius 3 is 1.95 bits per heavy atom. The molecule has 0 aromatic heterocycles. The van der Waals surface area contributed by atoms with E-state index in [1.165, 1.54) is 32.1 Å². The Bertz CT molecular complexity index is 233. The molecule has 0 amide bonds. The van der Waals surface area contributed by atoms with Crippen molar-refractivity contribution in [1.29, 1.82) is 0 Å². The third kappa shape index (κ3) is 6.42. The van der Waals surface area contributed by atoms with E-state index in [4.69, 9.17) is 20.6 Å². The van der Waals surface area contributed by atoms with Crippen molar-refractivity contribution in [3.05, 3.63) is 0 Å². The minimum absolute atomic E-state index is 0.0728. The molecule has 0 radical (unpaired) electrons. The van der Waals surface area contributed by atoms with Crippen molar-refractivity contribution in [2.45, 2.75) is 64.3 Å². The summed E-state index contributed by atoms with van der Waals surface area (Å²) in [5, 5.41) is 0. The fourth-order valence-electron chi connectivity index (χ4n) is 2.47. The van der Waals surface area contributed by atoms with E-state index in [0.29, 0.717) is 6.42 Å². The lowest BCUT2D eigenvalue weighted by molar-refractivity contribution is -0.378. The van der Waals surface area contributed by atoms with Gasteiger partial charge < -0.3 is 14.2 Å². The molecule has 3 heteroatoms. The van der Waals surface area contributed by atoms with Crippen LogP contribution in [0.25, 0.3) is 0 Å². The Balaban J connectivity index is 4.21. The van der Waals surface area contributed by atoms with Crippen LogP contribution in [0.3, 0.4) is 0 Å². The number of methoxy groups -OCH3 is 3. The maximum absolute atomic E-state index is 5.44. The van der Waals surface area contributed by atoms with Gasteiger partial charge in [-0.1, -0.05) is 45.4 Å². The second-order valence-electron chi connectivity index (χ2n) is 4.88. The van der Waals surface area contributed by atoms with Crippen LogP contribution in [0.15, 0.2) is 0 Å². The number of hydrogen-bond acceptors (Lipinski definition) is 3. The Morgan fingerprint density at radius 2 is 1.47 bits per heavy atom. The van der Waals surface area contributed by atoms with Crippen LogP contribution in [-0.2, 0) is 14.2 Å². The van der Waals surface area contributed by atoms with Crippen LogP contribution in [0.4, 0.5) is 0 Å². The first-order valence-electron chi connectivity index (χ1n) is 7.29. The van der Waals surface area contributed by atoms with Crippen LogP contribution in [0.2, 0.25) is 0 Å². The topological polar surface area (TPSA) is 27.7 Å². The fourth-order valence-corrected chi connectivity index (χ4v) is 2.47. The predicted octanol–water partition coefficient (Wildman–Crippen LogP) is 3.97. The summed E-state index contributed by atoms with van der Waals surface area (Å²) < 4.78 is 16.2. The van der Waals surface area contributed by atoms with Gasteiger partial charge in [-0.2, -0.15) is 0 Å². The van der Waals surface area contributed by atoms with Gasteiger partial charge in [0, 0.05) is 27.8 Å². The predicted molar refractivity (Wildman–Crippen MR) is 78.7 cm³/mol. The molecule has 3 nitrogen and oxygen atoms in total. The third-order valence-corrected chi connectivity index (χ3v) is 3.62. The summed E-state index contributed by atoms with van der Waals surface area (Å²) in [6, 6.07) is 0. The van der Waals surface area contributed by atoms with E-state index in [1.54, 1.807) is 21.3 Å². The van der Waals surface area contributed by atoms with Gasteiger partial charge in [-0.05, 0) is 6.42 Å². The van der Waals surface area contributed by atoms with Crippen molar-refractivity contribution in [3.63, 3.8) is 0 Å². The van der Waals surface area contributed by atoms with E-state index < -0.39 is 5.97 Å². The van der Waals surface area contributed by atoms with Crippen LogP contribution in [0.1, 0.15) is 58.3 Å². The first-order chi connectivity index (χ1) is 9.20. The average molecular weight is 270 g/mol. The highest BCUT2D eigenvalue weighted by atomic mass is 16.9. The highest BCUT2D eigenvalue weighted by Crippen LogP contribution is 2.31. The van der Waals surface area contributed by atoms with Gasteiger partial charge in [0.1, 0.15) is 0 Å². The molecule has 19 heavy (non-hydrogen) atoms. The van der Waals surface area contributed by atoms with Gasteiger partial charge in [-0.25, -0.2) is 0 Å². The van der Waals surface area contributed by atoms with E-state index in [1.807, 2.05) is 0 Å². The fraction of sp³-hybridized carbons (Fsp3) is 0.875. The summed E-state index contributed by atoms with van der Waals surface area (Å²) in [4.78, 5) is 0. The largest absolute Gasteiger partial charge is 0.331 e. The van der Waals surface area contributed by atoms with Gasteiger partial charge in [0.15, 0.2) is 0 Å². The molecule has 112 valence electrons. The molecule has 0 N–H and O–H groups in total. The molecule has 0 bridgehead atoms. The highest BCUT2D eigenvalue weighted by Gasteiger charge is 2.39. The first kappa shape index (κ1) is 18.4. The van der Waals surface area contributed by atoms with Gasteiger partial charge >= 0.3 is 0 Å². The first-order valence-corrected chi connectivity index (χ1v) is 7.29. The molecule has 0 rings (SSSR count). The Kier molecular flexibility index (Phi) is 10.9. The number of terminal acetylenes is 1. The Labute approximate surface area is 119 Å². The lowest BCUT2D eigenvalue weighted by atomic mass is 9.94. The Morgan fingerprint density at radius 1 is 0.947 bits per heavy atom. The van der Waals surface area contributed by atoms with Crippen molar-refractivity contribution < 1.29 is 14.2 Å². The van der Waals surface area contributed by atoms with Crippen LogP contribution in [0, 0.1) is 18.3 Å². The number of unbranched alkanes of at least 4 members (excludes halogenated alkanes) is 5. The number of ether oxygens (including phenoxy) is 3. The standard InChI is InChI=1S/C16H30O3/c1-6-8-9-10-11-12-14-15(13-7-2)16(17-3,18-4)19-5/h2,15H,6,8-14H2,1,3-5H3. The molecule has 1 atom stereocenters. The molecule has 0 aromatic rings. The minimum atomic E-state index is -1.00. The second kappa shape index (κ2) is 11.3. The molecule has 0 saturated carbocycles. The van der Waals surface area contributed by atoms with E-state index in [0.717, 1.165) is 12.8 Å². The van der Waals surface area contributed by atoms with Gasteiger partial charge in [-0.15, -0.1) is 12.3 Å². The van der Waals surface area contributed by atoms with Crippen molar-refractivity contribution >= 4 is 0 Å². The molecule has 0 saturated heterocycles. The summed E-state index contributed by atoms with van der Waals surface area (Å²) in [6.07, 6.45) is 14.6. The second-order valence-corrected chi connectivity index (χ2v) is 4.88. The molecule has 0 heterocycles. The molecule has 1 unspecified atom stereocenters. The average Bonchev–Trinajstić information content (AvgIpc) is 2.45. The minimum Gasteiger partial charge on any atom is -0.331 e. The molecular formula is C16H30O3. The van der Waals surface area contributed by atoms with E-state index in [2.05, 4.69) is 12.8 Å². The molecule has 0 aliphatic heterocycles. The summed E-state index contributed by atoms with van der Waals surface area (Å²) in [7, 11) is 4.79. The monoisotopic (exact) mass is 270 g/mol. The van der Waals surface area contributed by atoms with Crippen molar-refractivity contribution in [1.82, 2.24) is 0 Å². The molecule has 0 aliphatic carbocycles. The van der Waals surface area contributed by atoms with Crippen LogP contribution < -0.4 is 0 Å². The Hall–Kier alpha value is -0.560. The number of hydrogen-bond donors (Lipinski definition) is 0. The summed E-state index contributed by atoms with van der Waals surface area (Å²) >= 11 is 0. The van der Waals surface area contributed by atoms with Gasteiger partial charge in [0.2, 0.25) is 0 Å². The highest BCUT2D eigenvalue weighted by molar-refractivity contribution is 4.90. The lowest BCUT2D eigenvalue weighted by Gasteiger charge is -2.35. The number of rotatable bonds is 12. The third-order valence-electron chi connectivity index (χ3n) is 3.62. The van der Waals surface area contributed by atoms with E-state index in [-0.39, 0.29) is 5.92 Å². The molecular weight excluding hydrogens is 240 g/mol. The summed E-state index contributed by atoms with van der Waals surface area (Å²) in [6.45, 7) is 2.23. The molecule has 0 fully saturated rings.